The minimum absolute atomic E-state index is 0.00340. The van der Waals surface area contributed by atoms with Crippen LogP contribution in [0.25, 0.3) is 11.0 Å². The Hall–Kier alpha value is -2.97. The van der Waals surface area contributed by atoms with Crippen molar-refractivity contribution in [2.75, 3.05) is 13.1 Å². The van der Waals surface area contributed by atoms with Gasteiger partial charge in [0, 0.05) is 43.7 Å². The molecule has 2 aliphatic rings. The molecule has 1 aliphatic carbocycles. The normalized spacial score (nSPS) is 18.7. The third kappa shape index (κ3) is 5.02. The van der Waals surface area contributed by atoms with E-state index >= 15 is 0 Å². The van der Waals surface area contributed by atoms with E-state index in [-0.39, 0.29) is 40.7 Å². The molecule has 2 N–H and O–H groups in total. The molecular weight excluding hydrogens is 422 g/mol. The zero-order chi connectivity index (χ0) is 23.7. The first-order valence-corrected chi connectivity index (χ1v) is 12.0. The number of hydrogen-bond acceptors (Lipinski definition) is 5. The van der Waals surface area contributed by atoms with E-state index in [9.17, 15) is 19.2 Å². The molecule has 1 saturated carbocycles. The molecule has 4 rings (SSSR count). The Morgan fingerprint density at radius 2 is 2.00 bits per heavy atom. The second kappa shape index (κ2) is 9.49. The molecule has 0 aromatic carbocycles. The van der Waals surface area contributed by atoms with Gasteiger partial charge in [0.25, 0.3) is 11.5 Å². The second-order valence-corrected chi connectivity index (χ2v) is 9.74. The first-order valence-electron chi connectivity index (χ1n) is 12.0. The summed E-state index contributed by atoms with van der Waals surface area (Å²) in [5.74, 6) is 0.164. The van der Waals surface area contributed by atoms with Crippen LogP contribution in [0.5, 0.6) is 0 Å². The monoisotopic (exact) mass is 455 g/mol. The van der Waals surface area contributed by atoms with Crippen molar-refractivity contribution in [2.45, 2.75) is 77.8 Å². The Morgan fingerprint density at radius 3 is 2.67 bits per heavy atom. The number of pyridine rings is 1. The van der Waals surface area contributed by atoms with E-state index in [1.54, 1.807) is 11.0 Å². The van der Waals surface area contributed by atoms with Gasteiger partial charge in [-0.05, 0) is 44.1 Å². The van der Waals surface area contributed by atoms with Crippen molar-refractivity contribution in [3.05, 3.63) is 38.2 Å². The van der Waals surface area contributed by atoms with Gasteiger partial charge in [-0.25, -0.2) is 9.78 Å². The Labute approximate surface area is 192 Å². The zero-order valence-corrected chi connectivity index (χ0v) is 19.6. The molecule has 2 amide bonds. The van der Waals surface area contributed by atoms with Gasteiger partial charge in [-0.2, -0.15) is 0 Å². The number of aromatic nitrogens is 3. The highest BCUT2D eigenvalue weighted by atomic mass is 16.2. The number of nitrogens with zero attached hydrogens (tertiary/aromatic N) is 3. The lowest BCUT2D eigenvalue weighted by molar-refractivity contribution is -0.122. The van der Waals surface area contributed by atoms with Crippen molar-refractivity contribution >= 4 is 22.8 Å². The van der Waals surface area contributed by atoms with Gasteiger partial charge >= 0.3 is 5.69 Å². The maximum atomic E-state index is 13.7. The summed E-state index contributed by atoms with van der Waals surface area (Å²) in [5.41, 5.74) is 0.254. The van der Waals surface area contributed by atoms with Crippen LogP contribution in [0.3, 0.4) is 0 Å². The summed E-state index contributed by atoms with van der Waals surface area (Å²) in [6.45, 7) is 7.29. The Kier molecular flexibility index (Phi) is 6.67. The van der Waals surface area contributed by atoms with E-state index in [0.717, 1.165) is 37.8 Å². The fourth-order valence-electron chi connectivity index (χ4n) is 4.56. The number of likely N-dealkylation sites (tertiary alicyclic amines) is 1. The van der Waals surface area contributed by atoms with Crippen LogP contribution < -0.4 is 16.6 Å². The number of rotatable bonds is 7. The fraction of sp³-hybridized carbons (Fsp3) is 0.625. The van der Waals surface area contributed by atoms with Gasteiger partial charge in [-0.15, -0.1) is 0 Å². The standard InChI is InChI=1S/C24H33N5O4/c1-4-6-19(30)25-16-7-5-10-28(13-16)23(32)17-11-18(15-8-9-15)26-21-20(17)22(31)27-24(33)29(21)12-14(2)3/h11,14-16H,4-10,12-13H2,1-3H3,(H,25,30)(H,27,31,33). The smallest absolute Gasteiger partial charge is 0.330 e. The van der Waals surface area contributed by atoms with Gasteiger partial charge in [-0.1, -0.05) is 20.8 Å². The first kappa shape index (κ1) is 23.2. The highest BCUT2D eigenvalue weighted by Gasteiger charge is 2.31. The zero-order valence-electron chi connectivity index (χ0n) is 19.6. The van der Waals surface area contributed by atoms with Gasteiger partial charge in [-0.3, -0.25) is 23.9 Å². The summed E-state index contributed by atoms with van der Waals surface area (Å²) < 4.78 is 1.48. The van der Waals surface area contributed by atoms with Crippen molar-refractivity contribution in [1.82, 2.24) is 24.8 Å². The molecule has 178 valence electrons. The van der Waals surface area contributed by atoms with E-state index in [0.29, 0.717) is 31.6 Å². The molecule has 2 aromatic rings. The Balaban J connectivity index is 1.75. The van der Waals surface area contributed by atoms with Crippen LogP contribution >= 0.6 is 0 Å². The number of piperidine rings is 1. The van der Waals surface area contributed by atoms with Crippen molar-refractivity contribution < 1.29 is 9.59 Å². The number of amides is 2. The predicted molar refractivity (Wildman–Crippen MR) is 125 cm³/mol. The molecule has 3 heterocycles. The topological polar surface area (TPSA) is 117 Å². The molecular formula is C24H33N5O4. The average molecular weight is 456 g/mol. The van der Waals surface area contributed by atoms with E-state index in [4.69, 9.17) is 4.98 Å². The number of aromatic amines is 1. The molecule has 0 bridgehead atoms. The molecule has 33 heavy (non-hydrogen) atoms. The van der Waals surface area contributed by atoms with E-state index in [1.807, 2.05) is 20.8 Å². The SMILES string of the molecule is CCCC(=O)NC1CCCN(C(=O)c2cc(C3CC3)nc3c2c(=O)[nH]c(=O)n3CC(C)C)C1. The van der Waals surface area contributed by atoms with Crippen molar-refractivity contribution in [2.24, 2.45) is 5.92 Å². The molecule has 0 radical (unpaired) electrons. The summed E-state index contributed by atoms with van der Waals surface area (Å²) in [6, 6.07) is 1.64. The maximum Gasteiger partial charge on any atom is 0.330 e. The highest BCUT2D eigenvalue weighted by Crippen LogP contribution is 2.40. The fourth-order valence-corrected chi connectivity index (χ4v) is 4.56. The summed E-state index contributed by atoms with van der Waals surface area (Å²) in [5, 5.41) is 3.19. The van der Waals surface area contributed by atoms with Crippen LogP contribution in [-0.2, 0) is 11.3 Å². The van der Waals surface area contributed by atoms with Crippen molar-refractivity contribution in [1.29, 1.82) is 0 Å². The van der Waals surface area contributed by atoms with Gasteiger partial charge in [0.2, 0.25) is 5.91 Å². The minimum Gasteiger partial charge on any atom is -0.352 e. The molecule has 2 fully saturated rings. The Bertz CT molecular complexity index is 1180. The van der Waals surface area contributed by atoms with Gasteiger partial charge in [0.05, 0.1) is 10.9 Å². The van der Waals surface area contributed by atoms with Crippen LogP contribution in [-0.4, -0.2) is 50.4 Å². The molecule has 1 aliphatic heterocycles. The summed E-state index contributed by atoms with van der Waals surface area (Å²) in [6.07, 6.45) is 4.80. The number of hydrogen-bond donors (Lipinski definition) is 2. The van der Waals surface area contributed by atoms with Gasteiger partial charge < -0.3 is 10.2 Å². The van der Waals surface area contributed by atoms with Crippen LogP contribution in [0.1, 0.15) is 81.3 Å². The molecule has 9 nitrogen and oxygen atoms in total. The van der Waals surface area contributed by atoms with Crippen LogP contribution in [0.2, 0.25) is 0 Å². The minimum atomic E-state index is -0.585. The Morgan fingerprint density at radius 1 is 1.24 bits per heavy atom. The third-order valence-electron chi connectivity index (χ3n) is 6.29. The van der Waals surface area contributed by atoms with E-state index in [2.05, 4.69) is 10.3 Å². The quantitative estimate of drug-likeness (QED) is 0.663. The van der Waals surface area contributed by atoms with E-state index in [1.165, 1.54) is 4.57 Å². The number of carbonyl (C=O) groups excluding carboxylic acids is 2. The molecule has 2 aromatic heterocycles. The lowest BCUT2D eigenvalue weighted by Crippen LogP contribution is -2.49. The van der Waals surface area contributed by atoms with Crippen LogP contribution in [0.4, 0.5) is 0 Å². The third-order valence-corrected chi connectivity index (χ3v) is 6.29. The molecule has 1 unspecified atom stereocenters. The largest absolute Gasteiger partial charge is 0.352 e. The summed E-state index contributed by atoms with van der Waals surface area (Å²) >= 11 is 0. The highest BCUT2D eigenvalue weighted by molar-refractivity contribution is 6.05. The molecule has 9 heteroatoms. The lowest BCUT2D eigenvalue weighted by Gasteiger charge is -2.33. The van der Waals surface area contributed by atoms with Crippen LogP contribution in [0.15, 0.2) is 15.7 Å². The number of fused-ring (bicyclic) bond motifs is 1. The summed E-state index contributed by atoms with van der Waals surface area (Å²) in [7, 11) is 0. The van der Waals surface area contributed by atoms with Crippen molar-refractivity contribution in [3.63, 3.8) is 0 Å². The first-order chi connectivity index (χ1) is 15.8. The number of nitrogens with one attached hydrogen (secondary N) is 2. The van der Waals surface area contributed by atoms with Gasteiger partial charge in [0.1, 0.15) is 0 Å². The number of carbonyl (C=O) groups is 2. The lowest BCUT2D eigenvalue weighted by atomic mass is 10.0. The van der Waals surface area contributed by atoms with Gasteiger partial charge in [0.15, 0.2) is 5.65 Å². The van der Waals surface area contributed by atoms with Crippen LogP contribution in [0, 0.1) is 5.92 Å². The molecule has 0 spiro atoms. The molecule has 1 atom stereocenters. The predicted octanol–water partition coefficient (Wildman–Crippen LogP) is 2.14. The van der Waals surface area contributed by atoms with E-state index < -0.39 is 11.2 Å². The summed E-state index contributed by atoms with van der Waals surface area (Å²) in [4.78, 5) is 60.0. The number of H-pyrrole nitrogens is 1. The average Bonchev–Trinajstić information content (AvgIpc) is 3.61. The van der Waals surface area contributed by atoms with Crippen molar-refractivity contribution in [3.8, 4) is 0 Å². The molecule has 1 saturated heterocycles. The maximum absolute atomic E-state index is 13.7. The second-order valence-electron chi connectivity index (χ2n) is 9.74.